The molecule has 92 valence electrons. The van der Waals surface area contributed by atoms with Gasteiger partial charge >= 0.3 is 0 Å². The van der Waals surface area contributed by atoms with Crippen LogP contribution in [-0.2, 0) is 13.1 Å². The first-order valence-electron chi connectivity index (χ1n) is 5.61. The van der Waals surface area contributed by atoms with Gasteiger partial charge in [0.15, 0.2) is 4.77 Å². The fourth-order valence-corrected chi connectivity index (χ4v) is 2.20. The minimum absolute atomic E-state index is 0.241. The highest BCUT2D eigenvalue weighted by atomic mass is 32.1. The number of aromatic hydroxyl groups is 1. The van der Waals surface area contributed by atoms with Gasteiger partial charge in [0.25, 0.3) is 0 Å². The summed E-state index contributed by atoms with van der Waals surface area (Å²) in [6, 6.07) is 6.85. The lowest BCUT2D eigenvalue weighted by molar-refractivity contribution is 0.475. The maximum Gasteiger partial charge on any atom is 0.199 e. The molecule has 1 aliphatic heterocycles. The summed E-state index contributed by atoms with van der Waals surface area (Å²) < 4.78 is 0.471. The molecular formula is C12H12N4OS. The number of hydrogen-bond donors (Lipinski definition) is 4. The fourth-order valence-electron chi connectivity index (χ4n) is 1.98. The van der Waals surface area contributed by atoms with Crippen LogP contribution in [0.2, 0.25) is 0 Å². The minimum atomic E-state index is 0.241. The molecule has 4 N–H and O–H groups in total. The lowest BCUT2D eigenvalue weighted by Gasteiger charge is -2.09. The number of nitrogens with one attached hydrogen (secondary N) is 3. The Morgan fingerprint density at radius 1 is 1.22 bits per heavy atom. The van der Waals surface area contributed by atoms with Crippen molar-refractivity contribution in [1.29, 1.82) is 0 Å². The third kappa shape index (κ3) is 2.07. The molecule has 18 heavy (non-hydrogen) atoms. The molecule has 0 spiro atoms. The Balaban J connectivity index is 1.98. The van der Waals surface area contributed by atoms with E-state index in [0.29, 0.717) is 4.77 Å². The number of aromatic nitrogens is 2. The van der Waals surface area contributed by atoms with E-state index in [4.69, 9.17) is 12.2 Å². The number of rotatable bonds is 2. The van der Waals surface area contributed by atoms with Crippen LogP contribution in [0.15, 0.2) is 24.3 Å². The van der Waals surface area contributed by atoms with Gasteiger partial charge in [0.05, 0.1) is 0 Å². The second-order valence-electron chi connectivity index (χ2n) is 4.12. The first-order valence-corrected chi connectivity index (χ1v) is 6.02. The quantitative estimate of drug-likeness (QED) is 0.492. The lowest BCUT2D eigenvalue weighted by Crippen LogP contribution is -2.02. The zero-order valence-electron chi connectivity index (χ0n) is 9.53. The number of aromatic amines is 1. The van der Waals surface area contributed by atoms with Crippen molar-refractivity contribution in [2.24, 2.45) is 0 Å². The Hall–Kier alpha value is -1.92. The van der Waals surface area contributed by atoms with Gasteiger partial charge in [-0.2, -0.15) is 0 Å². The number of phenols is 1. The molecule has 0 aliphatic carbocycles. The van der Waals surface area contributed by atoms with Crippen LogP contribution in [0.1, 0.15) is 11.3 Å². The van der Waals surface area contributed by atoms with Crippen molar-refractivity contribution in [3.63, 3.8) is 0 Å². The topological polar surface area (TPSA) is 73.0 Å². The Bertz CT molecular complexity index is 636. The monoisotopic (exact) mass is 260 g/mol. The first kappa shape index (κ1) is 11.2. The minimum Gasteiger partial charge on any atom is -0.508 e. The second kappa shape index (κ2) is 4.40. The van der Waals surface area contributed by atoms with E-state index in [1.54, 1.807) is 24.3 Å². The molecule has 0 fully saturated rings. The van der Waals surface area contributed by atoms with E-state index in [2.05, 4.69) is 20.6 Å². The predicted octanol–water partition coefficient (Wildman–Crippen LogP) is 2.19. The molecule has 1 aromatic heterocycles. The molecule has 0 atom stereocenters. The Morgan fingerprint density at radius 2 is 2.00 bits per heavy atom. The molecule has 0 radical (unpaired) electrons. The summed E-state index contributed by atoms with van der Waals surface area (Å²) in [5.74, 6) is 1.01. The van der Waals surface area contributed by atoms with E-state index in [1.165, 1.54) is 0 Å². The van der Waals surface area contributed by atoms with E-state index >= 15 is 0 Å². The first-order chi connectivity index (χ1) is 8.72. The van der Waals surface area contributed by atoms with Crippen LogP contribution >= 0.6 is 12.2 Å². The Labute approximate surface area is 109 Å². The van der Waals surface area contributed by atoms with Crippen molar-refractivity contribution in [3.05, 3.63) is 40.3 Å². The van der Waals surface area contributed by atoms with Gasteiger partial charge in [-0.05, 0) is 36.5 Å². The van der Waals surface area contributed by atoms with Gasteiger partial charge in [0.1, 0.15) is 11.6 Å². The number of nitrogens with zero attached hydrogens (tertiary/aromatic N) is 1. The van der Waals surface area contributed by atoms with E-state index in [9.17, 15) is 5.11 Å². The van der Waals surface area contributed by atoms with E-state index in [-0.39, 0.29) is 5.75 Å². The molecule has 0 amide bonds. The highest BCUT2D eigenvalue weighted by molar-refractivity contribution is 7.71. The maximum absolute atomic E-state index is 9.25. The van der Waals surface area contributed by atoms with Crippen LogP contribution < -0.4 is 10.6 Å². The second-order valence-corrected chi connectivity index (χ2v) is 4.51. The normalized spacial score (nSPS) is 13.3. The lowest BCUT2D eigenvalue weighted by atomic mass is 10.2. The number of fused-ring (bicyclic) bond motifs is 1. The molecule has 2 heterocycles. The highest BCUT2D eigenvalue weighted by Gasteiger charge is 2.16. The van der Waals surface area contributed by atoms with Crippen LogP contribution in [-0.4, -0.2) is 15.1 Å². The Kier molecular flexibility index (Phi) is 2.73. The number of anilines is 2. The summed E-state index contributed by atoms with van der Waals surface area (Å²) in [6.45, 7) is 1.56. The molecule has 0 unspecified atom stereocenters. The van der Waals surface area contributed by atoms with E-state index in [0.717, 1.165) is 35.9 Å². The van der Waals surface area contributed by atoms with Gasteiger partial charge < -0.3 is 20.7 Å². The molecule has 6 heteroatoms. The average molecular weight is 260 g/mol. The van der Waals surface area contributed by atoms with Crippen LogP contribution in [0.4, 0.5) is 11.5 Å². The van der Waals surface area contributed by atoms with Gasteiger partial charge in [0, 0.05) is 30.0 Å². The summed E-state index contributed by atoms with van der Waals surface area (Å²) >= 11 is 5.10. The third-order valence-corrected chi connectivity index (χ3v) is 3.05. The maximum atomic E-state index is 9.25. The number of phenolic OH excluding ortho intramolecular Hbond substituents is 1. The standard InChI is InChI=1S/C12H12N4OS/c17-8-3-1-7(2-4-8)14-11-9-5-13-6-10(9)15-12(18)16-11/h1-4,13,17H,5-6H2,(H2,14,15,16,18). The van der Waals surface area contributed by atoms with Crippen LogP contribution in [0, 0.1) is 4.77 Å². The molecular weight excluding hydrogens is 248 g/mol. The predicted molar refractivity (Wildman–Crippen MR) is 71.4 cm³/mol. The largest absolute Gasteiger partial charge is 0.508 e. The van der Waals surface area contributed by atoms with E-state index < -0.39 is 0 Å². The summed E-state index contributed by atoms with van der Waals surface area (Å²) in [5, 5.41) is 15.7. The number of H-pyrrole nitrogens is 1. The number of hydrogen-bond acceptors (Lipinski definition) is 5. The molecule has 0 bridgehead atoms. The fraction of sp³-hybridized carbons (Fsp3) is 0.167. The van der Waals surface area contributed by atoms with Crippen LogP contribution in [0.3, 0.4) is 0 Å². The van der Waals surface area contributed by atoms with Gasteiger partial charge in [-0.25, -0.2) is 4.98 Å². The van der Waals surface area contributed by atoms with Crippen molar-refractivity contribution in [3.8, 4) is 5.75 Å². The molecule has 0 saturated carbocycles. The molecule has 2 aromatic rings. The SMILES string of the molecule is Oc1ccc(Nc2nc(=S)[nH]c3c2CNC3)cc1. The van der Waals surface area contributed by atoms with Gasteiger partial charge in [0.2, 0.25) is 0 Å². The summed E-state index contributed by atoms with van der Waals surface area (Å²) in [4.78, 5) is 7.39. The molecule has 0 saturated heterocycles. The molecule has 1 aromatic carbocycles. The van der Waals surface area contributed by atoms with Gasteiger partial charge in [-0.1, -0.05) is 0 Å². The van der Waals surface area contributed by atoms with Crippen molar-refractivity contribution >= 4 is 23.7 Å². The van der Waals surface area contributed by atoms with Crippen LogP contribution in [0.5, 0.6) is 5.75 Å². The van der Waals surface area contributed by atoms with Gasteiger partial charge in [-0.15, -0.1) is 0 Å². The summed E-state index contributed by atoms with van der Waals surface area (Å²) in [5.41, 5.74) is 3.06. The number of benzene rings is 1. The third-order valence-electron chi connectivity index (χ3n) is 2.85. The van der Waals surface area contributed by atoms with Crippen molar-refractivity contribution < 1.29 is 5.11 Å². The zero-order chi connectivity index (χ0) is 12.5. The zero-order valence-corrected chi connectivity index (χ0v) is 10.3. The molecule has 1 aliphatic rings. The van der Waals surface area contributed by atoms with E-state index in [1.807, 2.05) is 0 Å². The summed E-state index contributed by atoms with van der Waals surface area (Å²) in [7, 11) is 0. The average Bonchev–Trinajstić information content (AvgIpc) is 2.80. The van der Waals surface area contributed by atoms with Crippen molar-refractivity contribution in [2.75, 3.05) is 5.32 Å². The summed E-state index contributed by atoms with van der Waals surface area (Å²) in [6.07, 6.45) is 0. The smallest absolute Gasteiger partial charge is 0.199 e. The highest BCUT2D eigenvalue weighted by Crippen LogP contribution is 2.24. The Morgan fingerprint density at radius 3 is 2.78 bits per heavy atom. The van der Waals surface area contributed by atoms with Crippen molar-refractivity contribution in [2.45, 2.75) is 13.1 Å². The van der Waals surface area contributed by atoms with Gasteiger partial charge in [-0.3, -0.25) is 0 Å². The van der Waals surface area contributed by atoms with Crippen molar-refractivity contribution in [1.82, 2.24) is 15.3 Å². The van der Waals surface area contributed by atoms with Crippen LogP contribution in [0.25, 0.3) is 0 Å². The molecule has 5 nitrogen and oxygen atoms in total. The molecule has 3 rings (SSSR count).